The van der Waals surface area contributed by atoms with Crippen LogP contribution >= 0.6 is 0 Å². The van der Waals surface area contributed by atoms with E-state index < -0.39 is 0 Å². The lowest BCUT2D eigenvalue weighted by atomic mass is 10.3. The molecular weight excluding hydrogens is 226 g/mol. The summed E-state index contributed by atoms with van der Waals surface area (Å²) < 4.78 is 1.85. The number of hydrogen-bond donors (Lipinski definition) is 1. The zero-order valence-electron chi connectivity index (χ0n) is 12.0. The minimum absolute atomic E-state index is 0.0549. The first-order valence-electron chi connectivity index (χ1n) is 6.75. The summed E-state index contributed by atoms with van der Waals surface area (Å²) in [5.74, 6) is 0.0549. The van der Waals surface area contributed by atoms with Crippen LogP contribution in [0.15, 0.2) is 12.1 Å². The smallest absolute Gasteiger partial charge is 0.252 e. The number of aromatic nitrogens is 1. The maximum atomic E-state index is 12.0. The number of carbonyl (C=O) groups is 1. The average Bonchev–Trinajstić information content (AvgIpc) is 2.61. The first-order valence-corrected chi connectivity index (χ1v) is 6.75. The quantitative estimate of drug-likeness (QED) is 0.807. The molecule has 1 aromatic heterocycles. The maximum absolute atomic E-state index is 12.0. The third-order valence-electron chi connectivity index (χ3n) is 2.95. The fourth-order valence-electron chi connectivity index (χ4n) is 2.11. The molecule has 1 aromatic rings. The number of nitrogens with one attached hydrogen (secondary N) is 1. The molecule has 1 N–H and O–H groups in total. The van der Waals surface area contributed by atoms with Crippen LogP contribution in [0.5, 0.6) is 0 Å². The van der Waals surface area contributed by atoms with Crippen LogP contribution in [-0.2, 0) is 4.79 Å². The van der Waals surface area contributed by atoms with E-state index >= 15 is 0 Å². The van der Waals surface area contributed by atoms with Crippen molar-refractivity contribution in [1.29, 1.82) is 0 Å². The molecule has 0 saturated heterocycles. The lowest BCUT2D eigenvalue weighted by Crippen LogP contribution is -2.37. The molecule has 0 aliphatic rings. The van der Waals surface area contributed by atoms with Crippen molar-refractivity contribution < 1.29 is 4.79 Å². The Bertz CT molecular complexity index is 359. The fraction of sp³-hybridized carbons (Fsp3) is 0.643. The SMILES string of the molecule is CCCN(CCC)CC(=O)Nn1c(C)ccc1C. The van der Waals surface area contributed by atoms with Crippen molar-refractivity contribution in [1.82, 2.24) is 9.58 Å². The van der Waals surface area contributed by atoms with Crippen molar-refractivity contribution in [2.24, 2.45) is 0 Å². The van der Waals surface area contributed by atoms with Gasteiger partial charge in [0.15, 0.2) is 0 Å². The van der Waals surface area contributed by atoms with E-state index in [0.717, 1.165) is 37.3 Å². The van der Waals surface area contributed by atoms with Gasteiger partial charge in [0.25, 0.3) is 5.91 Å². The number of amides is 1. The highest BCUT2D eigenvalue weighted by Gasteiger charge is 2.10. The molecule has 0 aliphatic carbocycles. The summed E-state index contributed by atoms with van der Waals surface area (Å²) >= 11 is 0. The number of aryl methyl sites for hydroxylation is 2. The van der Waals surface area contributed by atoms with E-state index in [2.05, 4.69) is 24.2 Å². The molecule has 102 valence electrons. The Morgan fingerprint density at radius 2 is 1.67 bits per heavy atom. The Labute approximate surface area is 110 Å². The van der Waals surface area contributed by atoms with Crippen LogP contribution in [0.4, 0.5) is 0 Å². The molecule has 0 aromatic carbocycles. The van der Waals surface area contributed by atoms with Crippen LogP contribution in [0, 0.1) is 13.8 Å². The second kappa shape index (κ2) is 7.21. The summed E-state index contributed by atoms with van der Waals surface area (Å²) in [7, 11) is 0. The Hall–Kier alpha value is -1.29. The molecule has 0 radical (unpaired) electrons. The number of nitrogens with zero attached hydrogens (tertiary/aromatic N) is 2. The van der Waals surface area contributed by atoms with Gasteiger partial charge in [-0.15, -0.1) is 0 Å². The summed E-state index contributed by atoms with van der Waals surface area (Å²) in [5, 5.41) is 0. The molecule has 0 atom stereocenters. The van der Waals surface area contributed by atoms with E-state index in [1.54, 1.807) is 0 Å². The predicted octanol–water partition coefficient (Wildman–Crippen LogP) is 2.30. The van der Waals surface area contributed by atoms with E-state index in [1.165, 1.54) is 0 Å². The Kier molecular flexibility index (Phi) is 5.92. The van der Waals surface area contributed by atoms with Crippen molar-refractivity contribution in [3.8, 4) is 0 Å². The standard InChI is InChI=1S/C14H25N3O/c1-5-9-16(10-6-2)11-14(18)15-17-12(3)7-8-13(17)4/h7-8H,5-6,9-11H2,1-4H3,(H,15,18). The van der Waals surface area contributed by atoms with E-state index in [0.29, 0.717) is 6.54 Å². The van der Waals surface area contributed by atoms with E-state index in [4.69, 9.17) is 0 Å². The van der Waals surface area contributed by atoms with E-state index in [-0.39, 0.29) is 5.91 Å². The molecule has 1 rings (SSSR count). The van der Waals surface area contributed by atoms with Crippen molar-refractivity contribution in [2.45, 2.75) is 40.5 Å². The third kappa shape index (κ3) is 4.18. The molecule has 0 saturated carbocycles. The van der Waals surface area contributed by atoms with Crippen molar-refractivity contribution in [3.63, 3.8) is 0 Å². The molecule has 18 heavy (non-hydrogen) atoms. The van der Waals surface area contributed by atoms with Gasteiger partial charge in [0, 0.05) is 11.4 Å². The summed E-state index contributed by atoms with van der Waals surface area (Å²) in [6.45, 7) is 10.7. The highest BCUT2D eigenvalue weighted by Crippen LogP contribution is 2.04. The molecule has 0 fully saturated rings. The summed E-state index contributed by atoms with van der Waals surface area (Å²) in [6.07, 6.45) is 2.16. The minimum Gasteiger partial charge on any atom is -0.294 e. The van der Waals surface area contributed by atoms with Crippen molar-refractivity contribution in [3.05, 3.63) is 23.5 Å². The predicted molar refractivity (Wildman–Crippen MR) is 75.3 cm³/mol. The van der Waals surface area contributed by atoms with Crippen LogP contribution in [0.2, 0.25) is 0 Å². The molecular formula is C14H25N3O. The van der Waals surface area contributed by atoms with Crippen LogP contribution in [0.3, 0.4) is 0 Å². The monoisotopic (exact) mass is 251 g/mol. The van der Waals surface area contributed by atoms with Gasteiger partial charge in [0.1, 0.15) is 0 Å². The molecule has 0 unspecified atom stereocenters. The molecule has 1 amide bonds. The van der Waals surface area contributed by atoms with E-state index in [9.17, 15) is 4.79 Å². The zero-order chi connectivity index (χ0) is 13.5. The lowest BCUT2D eigenvalue weighted by molar-refractivity contribution is -0.118. The fourth-order valence-corrected chi connectivity index (χ4v) is 2.11. The Morgan fingerprint density at radius 3 is 2.11 bits per heavy atom. The van der Waals surface area contributed by atoms with Gasteiger partial charge in [0.2, 0.25) is 0 Å². The van der Waals surface area contributed by atoms with Gasteiger partial charge in [-0.25, -0.2) is 0 Å². The minimum atomic E-state index is 0.0549. The summed E-state index contributed by atoms with van der Waals surface area (Å²) in [6, 6.07) is 4.01. The van der Waals surface area contributed by atoms with Gasteiger partial charge in [-0.2, -0.15) is 0 Å². The first-order chi connectivity index (χ1) is 8.58. The molecule has 4 heteroatoms. The Balaban J connectivity index is 2.54. The van der Waals surface area contributed by atoms with E-state index in [1.807, 2.05) is 30.7 Å². The molecule has 0 spiro atoms. The van der Waals surface area contributed by atoms with Crippen molar-refractivity contribution in [2.75, 3.05) is 25.1 Å². The largest absolute Gasteiger partial charge is 0.294 e. The highest BCUT2D eigenvalue weighted by atomic mass is 16.2. The van der Waals surface area contributed by atoms with Gasteiger partial charge in [0.05, 0.1) is 6.54 Å². The normalized spacial score (nSPS) is 10.9. The lowest BCUT2D eigenvalue weighted by Gasteiger charge is -2.21. The second-order valence-corrected chi connectivity index (χ2v) is 4.76. The second-order valence-electron chi connectivity index (χ2n) is 4.76. The zero-order valence-corrected chi connectivity index (χ0v) is 12.0. The number of carbonyl (C=O) groups excluding carboxylic acids is 1. The van der Waals surface area contributed by atoms with Gasteiger partial charge in [-0.3, -0.25) is 19.8 Å². The molecule has 4 nitrogen and oxygen atoms in total. The van der Waals surface area contributed by atoms with Gasteiger partial charge in [-0.05, 0) is 51.9 Å². The maximum Gasteiger partial charge on any atom is 0.252 e. The highest BCUT2D eigenvalue weighted by molar-refractivity contribution is 5.85. The molecule has 0 bridgehead atoms. The van der Waals surface area contributed by atoms with Gasteiger partial charge < -0.3 is 0 Å². The molecule has 0 aliphatic heterocycles. The first kappa shape index (κ1) is 14.8. The van der Waals surface area contributed by atoms with Crippen LogP contribution in [-0.4, -0.2) is 35.1 Å². The number of hydrogen-bond acceptors (Lipinski definition) is 2. The average molecular weight is 251 g/mol. The van der Waals surface area contributed by atoms with Gasteiger partial charge in [-0.1, -0.05) is 13.8 Å². The van der Waals surface area contributed by atoms with Crippen molar-refractivity contribution >= 4 is 5.91 Å². The topological polar surface area (TPSA) is 37.3 Å². The third-order valence-corrected chi connectivity index (χ3v) is 2.95. The van der Waals surface area contributed by atoms with Crippen LogP contribution in [0.1, 0.15) is 38.1 Å². The van der Waals surface area contributed by atoms with Crippen LogP contribution < -0.4 is 5.43 Å². The van der Waals surface area contributed by atoms with Crippen LogP contribution in [0.25, 0.3) is 0 Å². The number of rotatable bonds is 7. The summed E-state index contributed by atoms with van der Waals surface area (Å²) in [5.41, 5.74) is 5.05. The van der Waals surface area contributed by atoms with Gasteiger partial charge >= 0.3 is 0 Å². The Morgan fingerprint density at radius 1 is 1.17 bits per heavy atom. The summed E-state index contributed by atoms with van der Waals surface area (Å²) in [4.78, 5) is 14.2. The molecule has 1 heterocycles.